The third-order valence-corrected chi connectivity index (χ3v) is 3.72. The van der Waals surface area contributed by atoms with Crippen molar-refractivity contribution < 1.29 is 24.2 Å². The molecule has 19 heavy (non-hydrogen) atoms. The number of rotatable bonds is 4. The standard InChI is InChI=1S/C12H18N2O5/c1-13-10(15)6-9(12(13)18)14-4-2-8(3-5-14)19-7-11(16)17/h8-9H,2-7H2,1H3,(H,16,17). The molecule has 2 heterocycles. The lowest BCUT2D eigenvalue weighted by molar-refractivity contribution is -0.145. The molecule has 0 spiro atoms. The predicted octanol–water partition coefficient (Wildman–Crippen LogP) is -0.691. The number of nitrogens with zero attached hydrogens (tertiary/aromatic N) is 2. The smallest absolute Gasteiger partial charge is 0.329 e. The van der Waals surface area contributed by atoms with Crippen molar-refractivity contribution in [3.63, 3.8) is 0 Å². The lowest BCUT2D eigenvalue weighted by Crippen LogP contribution is -2.46. The van der Waals surface area contributed by atoms with Crippen LogP contribution in [0.1, 0.15) is 19.3 Å². The molecule has 1 N–H and O–H groups in total. The zero-order valence-electron chi connectivity index (χ0n) is 10.9. The van der Waals surface area contributed by atoms with Crippen molar-refractivity contribution in [2.45, 2.75) is 31.4 Å². The number of carbonyl (C=O) groups is 3. The lowest BCUT2D eigenvalue weighted by atomic mass is 10.0. The molecule has 2 aliphatic rings. The van der Waals surface area contributed by atoms with Crippen LogP contribution in [-0.2, 0) is 19.1 Å². The van der Waals surface area contributed by atoms with Crippen molar-refractivity contribution >= 4 is 17.8 Å². The molecule has 2 aliphatic heterocycles. The molecule has 0 aromatic heterocycles. The molecule has 0 radical (unpaired) electrons. The third kappa shape index (κ3) is 3.10. The summed E-state index contributed by atoms with van der Waals surface area (Å²) in [4.78, 5) is 36.9. The Morgan fingerprint density at radius 2 is 2.00 bits per heavy atom. The molecule has 0 aromatic carbocycles. The van der Waals surface area contributed by atoms with Crippen LogP contribution in [0.4, 0.5) is 0 Å². The fourth-order valence-corrected chi connectivity index (χ4v) is 2.56. The van der Waals surface area contributed by atoms with Gasteiger partial charge in [-0.05, 0) is 12.8 Å². The number of carboxylic acid groups (broad SMARTS) is 1. The number of likely N-dealkylation sites (N-methyl/N-ethyl adjacent to an activating group) is 1. The largest absolute Gasteiger partial charge is 0.480 e. The van der Waals surface area contributed by atoms with E-state index < -0.39 is 5.97 Å². The van der Waals surface area contributed by atoms with Crippen molar-refractivity contribution in [3.8, 4) is 0 Å². The third-order valence-electron chi connectivity index (χ3n) is 3.72. The Kier molecular flexibility index (Phi) is 4.16. The molecule has 106 valence electrons. The highest BCUT2D eigenvalue weighted by Crippen LogP contribution is 2.22. The predicted molar refractivity (Wildman–Crippen MR) is 64.4 cm³/mol. The number of carboxylic acids is 1. The fourth-order valence-electron chi connectivity index (χ4n) is 2.56. The average Bonchev–Trinajstić information content (AvgIpc) is 2.65. The minimum absolute atomic E-state index is 0.0720. The van der Waals surface area contributed by atoms with Gasteiger partial charge in [0.2, 0.25) is 11.8 Å². The summed E-state index contributed by atoms with van der Waals surface area (Å²) in [5.74, 6) is -1.25. The van der Waals surface area contributed by atoms with Gasteiger partial charge in [-0.15, -0.1) is 0 Å². The van der Waals surface area contributed by atoms with Gasteiger partial charge in [0.15, 0.2) is 0 Å². The molecule has 0 aromatic rings. The number of carbonyl (C=O) groups excluding carboxylic acids is 2. The van der Waals surface area contributed by atoms with Gasteiger partial charge in [-0.1, -0.05) is 0 Å². The van der Waals surface area contributed by atoms with Crippen LogP contribution >= 0.6 is 0 Å². The Morgan fingerprint density at radius 1 is 1.37 bits per heavy atom. The summed E-state index contributed by atoms with van der Waals surface area (Å²) < 4.78 is 5.24. The lowest BCUT2D eigenvalue weighted by Gasteiger charge is -2.34. The van der Waals surface area contributed by atoms with Gasteiger partial charge < -0.3 is 9.84 Å². The Labute approximate surface area is 111 Å². The van der Waals surface area contributed by atoms with E-state index in [1.54, 1.807) is 0 Å². The molecule has 0 bridgehead atoms. The second kappa shape index (κ2) is 5.66. The number of piperidine rings is 1. The highest BCUT2D eigenvalue weighted by atomic mass is 16.5. The van der Waals surface area contributed by atoms with Gasteiger partial charge in [0, 0.05) is 20.1 Å². The van der Waals surface area contributed by atoms with E-state index in [1.165, 1.54) is 11.9 Å². The first kappa shape index (κ1) is 14.0. The molecular weight excluding hydrogens is 252 g/mol. The summed E-state index contributed by atoms with van der Waals surface area (Å²) >= 11 is 0. The van der Waals surface area contributed by atoms with Gasteiger partial charge in [0.1, 0.15) is 6.61 Å². The summed E-state index contributed by atoms with van der Waals surface area (Å²) in [6, 6.07) is -0.349. The second-order valence-corrected chi connectivity index (χ2v) is 4.95. The van der Waals surface area contributed by atoms with Crippen LogP contribution in [0.2, 0.25) is 0 Å². The van der Waals surface area contributed by atoms with Gasteiger partial charge >= 0.3 is 5.97 Å². The Hall–Kier alpha value is -1.47. The first-order valence-electron chi connectivity index (χ1n) is 6.37. The van der Waals surface area contributed by atoms with Crippen molar-refractivity contribution in [3.05, 3.63) is 0 Å². The fraction of sp³-hybridized carbons (Fsp3) is 0.750. The maximum absolute atomic E-state index is 11.9. The summed E-state index contributed by atoms with van der Waals surface area (Å²) in [7, 11) is 1.51. The number of ether oxygens (including phenoxy) is 1. The van der Waals surface area contributed by atoms with E-state index in [1.807, 2.05) is 4.90 Å². The van der Waals surface area contributed by atoms with Crippen molar-refractivity contribution in [2.24, 2.45) is 0 Å². The molecule has 2 saturated heterocycles. The first-order valence-corrected chi connectivity index (χ1v) is 6.37. The molecule has 0 aliphatic carbocycles. The summed E-state index contributed by atoms with van der Waals surface area (Å²) in [5.41, 5.74) is 0. The van der Waals surface area contributed by atoms with E-state index in [0.717, 1.165) is 0 Å². The van der Waals surface area contributed by atoms with Crippen LogP contribution < -0.4 is 0 Å². The first-order chi connectivity index (χ1) is 8.99. The number of aliphatic carboxylic acids is 1. The molecule has 2 fully saturated rings. The molecule has 2 amide bonds. The van der Waals surface area contributed by atoms with Crippen molar-refractivity contribution in [2.75, 3.05) is 26.7 Å². The maximum atomic E-state index is 11.9. The van der Waals surface area contributed by atoms with Crippen molar-refractivity contribution in [1.29, 1.82) is 0 Å². The SMILES string of the molecule is CN1C(=O)CC(N2CCC(OCC(=O)O)CC2)C1=O. The molecule has 7 heteroatoms. The zero-order valence-corrected chi connectivity index (χ0v) is 10.9. The van der Waals surface area contributed by atoms with E-state index >= 15 is 0 Å². The molecule has 7 nitrogen and oxygen atoms in total. The minimum Gasteiger partial charge on any atom is -0.480 e. The number of likely N-dealkylation sites (tertiary alicyclic amines) is 2. The van der Waals surface area contributed by atoms with Crippen LogP contribution in [0.3, 0.4) is 0 Å². The summed E-state index contributed by atoms with van der Waals surface area (Å²) in [6.07, 6.45) is 1.55. The summed E-state index contributed by atoms with van der Waals surface area (Å²) in [5, 5.41) is 8.54. The zero-order chi connectivity index (χ0) is 14.0. The summed E-state index contributed by atoms with van der Waals surface area (Å²) in [6.45, 7) is 1.03. The van der Waals surface area contributed by atoms with E-state index in [-0.39, 0.29) is 37.0 Å². The molecule has 1 unspecified atom stereocenters. The monoisotopic (exact) mass is 270 g/mol. The number of amides is 2. The van der Waals surface area contributed by atoms with Crippen LogP contribution in [0.5, 0.6) is 0 Å². The van der Waals surface area contributed by atoms with Crippen LogP contribution in [0, 0.1) is 0 Å². The van der Waals surface area contributed by atoms with E-state index in [9.17, 15) is 14.4 Å². The number of imide groups is 1. The Bertz CT molecular complexity index is 390. The van der Waals surface area contributed by atoms with Gasteiger partial charge in [0.05, 0.1) is 18.6 Å². The van der Waals surface area contributed by atoms with Crippen molar-refractivity contribution in [1.82, 2.24) is 9.80 Å². The van der Waals surface area contributed by atoms with E-state index in [0.29, 0.717) is 25.9 Å². The maximum Gasteiger partial charge on any atom is 0.329 e. The normalized spacial score (nSPS) is 26.2. The molecule has 0 saturated carbocycles. The van der Waals surface area contributed by atoms with E-state index in [4.69, 9.17) is 9.84 Å². The number of hydrogen-bond acceptors (Lipinski definition) is 5. The quantitative estimate of drug-likeness (QED) is 0.680. The van der Waals surface area contributed by atoms with Crippen LogP contribution in [-0.4, -0.2) is 71.6 Å². The average molecular weight is 270 g/mol. The molecule has 2 rings (SSSR count). The topological polar surface area (TPSA) is 87.2 Å². The van der Waals surface area contributed by atoms with Crippen LogP contribution in [0.25, 0.3) is 0 Å². The molecule has 1 atom stereocenters. The minimum atomic E-state index is -0.972. The Balaban J connectivity index is 1.82. The van der Waals surface area contributed by atoms with Gasteiger partial charge in [-0.2, -0.15) is 0 Å². The van der Waals surface area contributed by atoms with Gasteiger partial charge in [0.25, 0.3) is 0 Å². The van der Waals surface area contributed by atoms with E-state index in [2.05, 4.69) is 0 Å². The van der Waals surface area contributed by atoms with Gasteiger partial charge in [-0.3, -0.25) is 19.4 Å². The van der Waals surface area contributed by atoms with Gasteiger partial charge in [-0.25, -0.2) is 4.79 Å². The molecular formula is C12H18N2O5. The highest BCUT2D eigenvalue weighted by Gasteiger charge is 2.40. The highest BCUT2D eigenvalue weighted by molar-refractivity contribution is 6.05. The second-order valence-electron chi connectivity index (χ2n) is 4.95. The van der Waals surface area contributed by atoms with Crippen LogP contribution in [0.15, 0.2) is 0 Å². The Morgan fingerprint density at radius 3 is 2.47 bits per heavy atom. The number of hydrogen-bond donors (Lipinski definition) is 1.